The molecule has 0 aromatic heterocycles. The summed E-state index contributed by atoms with van der Waals surface area (Å²) in [4.78, 5) is 12.4. The topological polar surface area (TPSA) is 66.5 Å². The highest BCUT2D eigenvalue weighted by Gasteiger charge is 2.19. The van der Waals surface area contributed by atoms with E-state index in [2.05, 4.69) is 5.32 Å². The van der Waals surface area contributed by atoms with Gasteiger partial charge in [0.05, 0.1) is 17.5 Å². The number of carbonyl (C=O) groups is 1. The fourth-order valence-electron chi connectivity index (χ4n) is 2.59. The van der Waals surface area contributed by atoms with Gasteiger partial charge < -0.3 is 5.32 Å². The van der Waals surface area contributed by atoms with E-state index in [9.17, 15) is 17.6 Å². The lowest BCUT2D eigenvalue weighted by Gasteiger charge is -2.22. The van der Waals surface area contributed by atoms with Crippen molar-refractivity contribution in [2.75, 3.05) is 16.6 Å². The molecule has 2 aromatic rings. The normalized spacial score (nSPS) is 12.5. The minimum Gasteiger partial charge on any atom is -0.346 e. The maximum absolute atomic E-state index is 13.0. The monoisotopic (exact) mass is 378 g/mol. The van der Waals surface area contributed by atoms with Crippen LogP contribution in [0.5, 0.6) is 0 Å². The zero-order valence-electron chi connectivity index (χ0n) is 15.1. The van der Waals surface area contributed by atoms with Crippen LogP contribution in [0.15, 0.2) is 48.5 Å². The van der Waals surface area contributed by atoms with Crippen LogP contribution >= 0.6 is 0 Å². The molecule has 0 saturated heterocycles. The molecule has 1 amide bonds. The van der Waals surface area contributed by atoms with Gasteiger partial charge in [0.2, 0.25) is 10.0 Å². The van der Waals surface area contributed by atoms with Crippen LogP contribution in [-0.2, 0) is 10.0 Å². The highest BCUT2D eigenvalue weighted by atomic mass is 32.2. The molecular formula is C19H23FN2O3S. The molecule has 0 fully saturated rings. The molecule has 0 aliphatic heterocycles. The van der Waals surface area contributed by atoms with Gasteiger partial charge in [0, 0.05) is 12.1 Å². The molecule has 0 spiro atoms. The van der Waals surface area contributed by atoms with Gasteiger partial charge in [-0.15, -0.1) is 0 Å². The summed E-state index contributed by atoms with van der Waals surface area (Å²) in [7, 11) is -3.35. The van der Waals surface area contributed by atoms with Crippen molar-refractivity contribution >= 4 is 21.6 Å². The Balaban J connectivity index is 2.12. The van der Waals surface area contributed by atoms with Crippen LogP contribution in [-0.4, -0.2) is 26.6 Å². The van der Waals surface area contributed by atoms with E-state index in [1.807, 2.05) is 6.92 Å². The van der Waals surface area contributed by atoms with Crippen LogP contribution in [0.25, 0.3) is 0 Å². The molecule has 1 N–H and O–H groups in total. The van der Waals surface area contributed by atoms with Crippen molar-refractivity contribution in [2.45, 2.75) is 26.8 Å². The third kappa shape index (κ3) is 4.60. The molecule has 0 aliphatic rings. The fourth-order valence-corrected chi connectivity index (χ4v) is 3.74. The van der Waals surface area contributed by atoms with Crippen molar-refractivity contribution in [1.82, 2.24) is 5.32 Å². The minimum absolute atomic E-state index is 0.0122. The SMILES string of the molecule is CCN(c1ccc(C(=O)N[C@@H](C)c2ccc(F)cc2)cc1)S(=O)(=O)CC. The van der Waals surface area contributed by atoms with Crippen LogP contribution in [0.4, 0.5) is 10.1 Å². The van der Waals surface area contributed by atoms with Gasteiger partial charge in [0.25, 0.3) is 5.91 Å². The molecule has 2 aromatic carbocycles. The Morgan fingerprint density at radius 2 is 1.65 bits per heavy atom. The summed E-state index contributed by atoms with van der Waals surface area (Å²) in [6.07, 6.45) is 0. The van der Waals surface area contributed by atoms with Gasteiger partial charge in [-0.2, -0.15) is 0 Å². The van der Waals surface area contributed by atoms with Crippen molar-refractivity contribution in [3.8, 4) is 0 Å². The van der Waals surface area contributed by atoms with Gasteiger partial charge in [-0.3, -0.25) is 9.10 Å². The lowest BCUT2D eigenvalue weighted by Crippen LogP contribution is -2.32. The van der Waals surface area contributed by atoms with E-state index in [0.717, 1.165) is 5.56 Å². The fraction of sp³-hybridized carbons (Fsp3) is 0.316. The average Bonchev–Trinajstić information content (AvgIpc) is 2.63. The summed E-state index contributed by atoms with van der Waals surface area (Å²) >= 11 is 0. The Hall–Kier alpha value is -2.41. The van der Waals surface area contributed by atoms with E-state index in [4.69, 9.17) is 0 Å². The third-order valence-electron chi connectivity index (χ3n) is 4.12. The third-order valence-corrected chi connectivity index (χ3v) is 5.99. The van der Waals surface area contributed by atoms with Crippen molar-refractivity contribution in [2.24, 2.45) is 0 Å². The van der Waals surface area contributed by atoms with E-state index in [1.165, 1.54) is 16.4 Å². The second-order valence-corrected chi connectivity index (χ2v) is 8.04. The minimum atomic E-state index is -3.35. The summed E-state index contributed by atoms with van der Waals surface area (Å²) in [5.41, 5.74) is 1.74. The van der Waals surface area contributed by atoms with E-state index in [0.29, 0.717) is 17.8 Å². The first-order chi connectivity index (χ1) is 12.3. The number of rotatable bonds is 7. The highest BCUT2D eigenvalue weighted by molar-refractivity contribution is 7.92. The summed E-state index contributed by atoms with van der Waals surface area (Å²) < 4.78 is 38.5. The van der Waals surface area contributed by atoms with E-state index in [1.54, 1.807) is 50.2 Å². The van der Waals surface area contributed by atoms with E-state index >= 15 is 0 Å². The Bertz CT molecular complexity index is 849. The molecule has 0 bridgehead atoms. The Labute approximate surface area is 153 Å². The van der Waals surface area contributed by atoms with Gasteiger partial charge in [-0.05, 0) is 62.7 Å². The maximum Gasteiger partial charge on any atom is 0.251 e. The van der Waals surface area contributed by atoms with Crippen LogP contribution in [0.1, 0.15) is 42.7 Å². The standard InChI is InChI=1S/C19H23FN2O3S/c1-4-22(26(24,25)5-2)18-12-8-16(9-13-18)19(23)21-14(3)15-6-10-17(20)11-7-15/h6-14H,4-5H2,1-3H3,(H,21,23)/t14-/m0/s1. The number of sulfonamides is 1. The van der Waals surface area contributed by atoms with Crippen LogP contribution in [0, 0.1) is 5.82 Å². The number of benzene rings is 2. The lowest BCUT2D eigenvalue weighted by atomic mass is 10.1. The number of nitrogens with one attached hydrogen (secondary N) is 1. The molecule has 2 rings (SSSR count). The molecular weight excluding hydrogens is 355 g/mol. The molecule has 0 unspecified atom stereocenters. The maximum atomic E-state index is 13.0. The van der Waals surface area contributed by atoms with E-state index in [-0.39, 0.29) is 23.5 Å². The molecule has 0 radical (unpaired) electrons. The van der Waals surface area contributed by atoms with Gasteiger partial charge in [-0.1, -0.05) is 12.1 Å². The first kappa shape index (κ1) is 19.9. The van der Waals surface area contributed by atoms with Crippen molar-refractivity contribution in [3.05, 3.63) is 65.5 Å². The molecule has 5 nitrogen and oxygen atoms in total. The van der Waals surface area contributed by atoms with Gasteiger partial charge in [0.15, 0.2) is 0 Å². The van der Waals surface area contributed by atoms with Crippen LogP contribution < -0.4 is 9.62 Å². The molecule has 26 heavy (non-hydrogen) atoms. The van der Waals surface area contributed by atoms with Gasteiger partial charge in [0.1, 0.15) is 5.82 Å². The average molecular weight is 378 g/mol. The largest absolute Gasteiger partial charge is 0.346 e. The Kier molecular flexibility index (Phi) is 6.37. The van der Waals surface area contributed by atoms with Gasteiger partial charge >= 0.3 is 0 Å². The summed E-state index contributed by atoms with van der Waals surface area (Å²) in [5.74, 6) is -0.599. The molecule has 0 heterocycles. The summed E-state index contributed by atoms with van der Waals surface area (Å²) in [6, 6.07) is 12.1. The Morgan fingerprint density at radius 3 is 2.15 bits per heavy atom. The van der Waals surface area contributed by atoms with Crippen molar-refractivity contribution < 1.29 is 17.6 Å². The number of anilines is 1. The highest BCUT2D eigenvalue weighted by Crippen LogP contribution is 2.20. The first-order valence-electron chi connectivity index (χ1n) is 8.45. The first-order valence-corrected chi connectivity index (χ1v) is 10.1. The zero-order chi connectivity index (χ0) is 19.3. The molecule has 0 aliphatic carbocycles. The quantitative estimate of drug-likeness (QED) is 0.802. The molecule has 7 heteroatoms. The second kappa shape index (κ2) is 8.31. The Morgan fingerprint density at radius 1 is 1.08 bits per heavy atom. The predicted molar refractivity (Wildman–Crippen MR) is 101 cm³/mol. The number of hydrogen-bond donors (Lipinski definition) is 1. The summed E-state index contributed by atoms with van der Waals surface area (Å²) in [6.45, 7) is 5.49. The van der Waals surface area contributed by atoms with Crippen LogP contribution in [0.2, 0.25) is 0 Å². The molecule has 0 saturated carbocycles. The van der Waals surface area contributed by atoms with Crippen molar-refractivity contribution in [3.63, 3.8) is 0 Å². The van der Waals surface area contributed by atoms with Gasteiger partial charge in [-0.25, -0.2) is 12.8 Å². The van der Waals surface area contributed by atoms with Crippen LogP contribution in [0.3, 0.4) is 0 Å². The smallest absolute Gasteiger partial charge is 0.251 e. The number of nitrogens with zero attached hydrogens (tertiary/aromatic N) is 1. The summed E-state index contributed by atoms with van der Waals surface area (Å²) in [5, 5.41) is 2.84. The second-order valence-electron chi connectivity index (χ2n) is 5.86. The predicted octanol–water partition coefficient (Wildman–Crippen LogP) is 3.49. The van der Waals surface area contributed by atoms with Crippen molar-refractivity contribution in [1.29, 1.82) is 0 Å². The number of carbonyl (C=O) groups excluding carboxylic acids is 1. The molecule has 1 atom stereocenters. The number of amides is 1. The number of halogens is 1. The number of hydrogen-bond acceptors (Lipinski definition) is 3. The zero-order valence-corrected chi connectivity index (χ0v) is 15.9. The van der Waals surface area contributed by atoms with E-state index < -0.39 is 10.0 Å². The lowest BCUT2D eigenvalue weighted by molar-refractivity contribution is 0.0940. The molecule has 140 valence electrons.